The van der Waals surface area contributed by atoms with E-state index in [1.54, 1.807) is 43.5 Å². The van der Waals surface area contributed by atoms with Crippen LogP contribution in [-0.2, 0) is 19.1 Å². The van der Waals surface area contributed by atoms with Crippen LogP contribution in [0.15, 0.2) is 35.9 Å². The van der Waals surface area contributed by atoms with Crippen molar-refractivity contribution in [3.8, 4) is 0 Å². The normalized spacial score (nSPS) is 16.9. The predicted molar refractivity (Wildman–Crippen MR) is 74.8 cm³/mol. The average molecular weight is 291 g/mol. The summed E-state index contributed by atoms with van der Waals surface area (Å²) < 4.78 is 10.2. The molecular formula is C14H17N3O4. The number of carbonyl (C=O) groups is 2. The maximum absolute atomic E-state index is 12.1. The van der Waals surface area contributed by atoms with E-state index in [2.05, 4.69) is 10.3 Å². The van der Waals surface area contributed by atoms with Crippen molar-refractivity contribution in [2.45, 2.75) is 19.6 Å². The fourth-order valence-electron chi connectivity index (χ4n) is 1.82. The summed E-state index contributed by atoms with van der Waals surface area (Å²) in [6, 6.07) is 3.43. The van der Waals surface area contributed by atoms with E-state index in [-0.39, 0.29) is 5.57 Å². The van der Waals surface area contributed by atoms with Crippen molar-refractivity contribution in [1.29, 1.82) is 0 Å². The van der Waals surface area contributed by atoms with Crippen molar-refractivity contribution in [2.75, 3.05) is 19.4 Å². The van der Waals surface area contributed by atoms with Crippen LogP contribution >= 0.6 is 0 Å². The number of nitrogens with zero attached hydrogens (tertiary/aromatic N) is 2. The quantitative estimate of drug-likeness (QED) is 0.507. The lowest BCUT2D eigenvalue weighted by molar-refractivity contribution is -0.222. The van der Waals surface area contributed by atoms with Crippen LogP contribution in [0.5, 0.6) is 0 Å². The molecule has 2 rings (SSSR count). The maximum Gasteiger partial charge on any atom is 0.352 e. The number of ether oxygens (including phenoxy) is 2. The predicted octanol–water partition coefficient (Wildman–Crippen LogP) is 1.10. The Morgan fingerprint density at radius 3 is 2.14 bits per heavy atom. The number of carbonyl (C=O) groups excluding carboxylic acids is 2. The molecule has 21 heavy (non-hydrogen) atoms. The van der Waals surface area contributed by atoms with Crippen LogP contribution in [-0.4, -0.2) is 41.7 Å². The van der Waals surface area contributed by atoms with Crippen molar-refractivity contribution in [3.05, 3.63) is 35.9 Å². The van der Waals surface area contributed by atoms with Gasteiger partial charge in [-0.25, -0.2) is 9.59 Å². The van der Waals surface area contributed by atoms with Crippen molar-refractivity contribution in [3.63, 3.8) is 0 Å². The van der Waals surface area contributed by atoms with E-state index in [9.17, 15) is 9.59 Å². The molecule has 1 aliphatic heterocycles. The zero-order valence-electron chi connectivity index (χ0n) is 12.3. The van der Waals surface area contributed by atoms with Gasteiger partial charge in [0, 0.05) is 46.0 Å². The summed E-state index contributed by atoms with van der Waals surface area (Å²) in [6.07, 6.45) is 3.20. The van der Waals surface area contributed by atoms with Crippen LogP contribution in [0.3, 0.4) is 0 Å². The lowest BCUT2D eigenvalue weighted by atomic mass is 10.2. The third kappa shape index (κ3) is 3.31. The Balaban J connectivity index is 2.40. The highest BCUT2D eigenvalue weighted by Gasteiger charge is 2.41. The fraction of sp³-hybridized carbons (Fsp3) is 0.357. The number of aromatic nitrogens is 1. The van der Waals surface area contributed by atoms with Crippen molar-refractivity contribution < 1.29 is 19.1 Å². The van der Waals surface area contributed by atoms with Crippen molar-refractivity contribution in [2.24, 2.45) is 0 Å². The highest BCUT2D eigenvalue weighted by molar-refractivity contribution is 6.16. The Labute approximate surface area is 122 Å². The van der Waals surface area contributed by atoms with Gasteiger partial charge in [-0.05, 0) is 12.1 Å². The topological polar surface area (TPSA) is 80.8 Å². The summed E-state index contributed by atoms with van der Waals surface area (Å²) in [6.45, 7) is 3.01. The van der Waals surface area contributed by atoms with E-state index in [4.69, 9.17) is 9.47 Å². The van der Waals surface area contributed by atoms with E-state index in [1.165, 1.54) is 13.8 Å². The number of anilines is 1. The first-order valence-electron chi connectivity index (χ1n) is 6.35. The molecule has 0 unspecified atom stereocenters. The zero-order valence-corrected chi connectivity index (χ0v) is 12.3. The lowest BCUT2D eigenvalue weighted by Gasteiger charge is -2.32. The smallest absolute Gasteiger partial charge is 0.352 e. The van der Waals surface area contributed by atoms with Gasteiger partial charge in [0.2, 0.25) is 0 Å². The van der Waals surface area contributed by atoms with Gasteiger partial charge in [0.15, 0.2) is 5.57 Å². The van der Waals surface area contributed by atoms with Crippen LogP contribution in [0.2, 0.25) is 0 Å². The molecule has 0 saturated carbocycles. The van der Waals surface area contributed by atoms with Gasteiger partial charge < -0.3 is 19.7 Å². The Kier molecular flexibility index (Phi) is 3.84. The van der Waals surface area contributed by atoms with Gasteiger partial charge in [0.05, 0.1) is 0 Å². The molecule has 0 aliphatic carbocycles. The summed E-state index contributed by atoms with van der Waals surface area (Å²) in [7, 11) is 3.41. The van der Waals surface area contributed by atoms with E-state index in [0.717, 1.165) is 0 Å². The molecule has 1 N–H and O–H groups in total. The first-order valence-corrected chi connectivity index (χ1v) is 6.35. The minimum Gasteiger partial charge on any atom is -0.419 e. The molecule has 0 spiro atoms. The monoisotopic (exact) mass is 291 g/mol. The minimum atomic E-state index is -1.26. The molecule has 0 amide bonds. The van der Waals surface area contributed by atoms with E-state index in [0.29, 0.717) is 11.5 Å². The summed E-state index contributed by atoms with van der Waals surface area (Å²) in [5.41, 5.74) is 0.516. The van der Waals surface area contributed by atoms with Gasteiger partial charge in [-0.15, -0.1) is 0 Å². The second-order valence-corrected chi connectivity index (χ2v) is 5.16. The van der Waals surface area contributed by atoms with Crippen molar-refractivity contribution >= 4 is 17.6 Å². The molecule has 7 nitrogen and oxygen atoms in total. The second-order valence-electron chi connectivity index (χ2n) is 5.16. The molecule has 0 radical (unpaired) electrons. The first-order chi connectivity index (χ1) is 9.80. The first kappa shape index (κ1) is 14.8. The minimum absolute atomic E-state index is 0.170. The maximum atomic E-state index is 12.1. The van der Waals surface area contributed by atoms with Crippen molar-refractivity contribution in [1.82, 2.24) is 9.88 Å². The number of hydrogen-bond acceptors (Lipinski definition) is 7. The van der Waals surface area contributed by atoms with Crippen LogP contribution < -0.4 is 5.32 Å². The second kappa shape index (κ2) is 5.43. The summed E-state index contributed by atoms with van der Waals surface area (Å²) in [5.74, 6) is -2.40. The van der Waals surface area contributed by atoms with Crippen LogP contribution in [0.4, 0.5) is 5.69 Å². The van der Waals surface area contributed by atoms with Gasteiger partial charge in [-0.1, -0.05) is 0 Å². The van der Waals surface area contributed by atoms with Crippen LogP contribution in [0, 0.1) is 0 Å². The molecule has 2 heterocycles. The summed E-state index contributed by atoms with van der Waals surface area (Å²) in [4.78, 5) is 29.7. The number of pyridine rings is 1. The summed E-state index contributed by atoms with van der Waals surface area (Å²) >= 11 is 0. The van der Waals surface area contributed by atoms with Gasteiger partial charge in [-0.3, -0.25) is 4.98 Å². The van der Waals surface area contributed by atoms with Gasteiger partial charge >= 0.3 is 11.9 Å². The fourth-order valence-corrected chi connectivity index (χ4v) is 1.82. The largest absolute Gasteiger partial charge is 0.419 e. The number of hydrogen-bond donors (Lipinski definition) is 1. The molecule has 0 aromatic carbocycles. The number of cyclic esters (lactones) is 2. The highest BCUT2D eigenvalue weighted by Crippen LogP contribution is 2.25. The molecule has 1 aliphatic rings. The van der Waals surface area contributed by atoms with Crippen LogP contribution in [0.25, 0.3) is 0 Å². The van der Waals surface area contributed by atoms with Gasteiger partial charge in [-0.2, -0.15) is 0 Å². The highest BCUT2D eigenvalue weighted by atomic mass is 16.7. The molecule has 1 aromatic rings. The zero-order chi connectivity index (χ0) is 15.6. The van der Waals surface area contributed by atoms with E-state index >= 15 is 0 Å². The van der Waals surface area contributed by atoms with Gasteiger partial charge in [0.1, 0.15) is 5.82 Å². The molecule has 0 bridgehead atoms. The molecule has 1 aromatic heterocycles. The SMILES string of the molecule is CN(C)C(Nc1ccncc1)=C1C(=O)OC(C)(C)OC1=O. The van der Waals surface area contributed by atoms with E-state index in [1.807, 2.05) is 0 Å². The standard InChI is InChI=1S/C14H17N3O4/c1-14(2)20-12(18)10(13(19)21-14)11(17(3)4)16-9-5-7-15-8-6-9/h5-8H,1-4H3,(H,15,16). The van der Waals surface area contributed by atoms with Gasteiger partial charge in [0.25, 0.3) is 5.79 Å². The third-order valence-electron chi connectivity index (χ3n) is 2.71. The molecule has 0 atom stereocenters. The summed E-state index contributed by atoms with van der Waals surface area (Å²) in [5, 5.41) is 3.00. The van der Waals surface area contributed by atoms with Crippen LogP contribution in [0.1, 0.15) is 13.8 Å². The number of esters is 2. The number of rotatable bonds is 3. The Morgan fingerprint density at radius 2 is 1.67 bits per heavy atom. The molecule has 112 valence electrons. The number of nitrogens with one attached hydrogen (secondary N) is 1. The average Bonchev–Trinajstić information content (AvgIpc) is 2.36. The Hall–Kier alpha value is -2.57. The Morgan fingerprint density at radius 1 is 1.14 bits per heavy atom. The molecule has 1 fully saturated rings. The molecule has 1 saturated heterocycles. The third-order valence-corrected chi connectivity index (χ3v) is 2.71. The lowest BCUT2D eigenvalue weighted by Crippen LogP contribution is -2.44. The molecular weight excluding hydrogens is 274 g/mol. The van der Waals surface area contributed by atoms with E-state index < -0.39 is 17.7 Å². The Bertz CT molecular complexity index is 571. The molecule has 7 heteroatoms.